The lowest BCUT2D eigenvalue weighted by molar-refractivity contribution is -0.108. The summed E-state index contributed by atoms with van der Waals surface area (Å²) < 4.78 is 0. The first kappa shape index (κ1) is 19.2. The van der Waals surface area contributed by atoms with Crippen LogP contribution >= 0.6 is 23.5 Å². The van der Waals surface area contributed by atoms with Gasteiger partial charge in [-0.05, 0) is 13.8 Å². The van der Waals surface area contributed by atoms with E-state index in [0.29, 0.717) is 37.0 Å². The summed E-state index contributed by atoms with van der Waals surface area (Å²) in [5.74, 6) is 0.796. The highest BCUT2D eigenvalue weighted by Crippen LogP contribution is 2.22. The Hall–Kier alpha value is -1.14. The lowest BCUT2D eigenvalue weighted by Gasteiger charge is -2.39. The van der Waals surface area contributed by atoms with Crippen molar-refractivity contribution in [2.75, 3.05) is 13.2 Å². The number of carbonyl (C=O) groups is 3. The first-order valence-corrected chi connectivity index (χ1v) is 9.44. The molecule has 0 radical (unpaired) electrons. The van der Waals surface area contributed by atoms with Crippen LogP contribution in [0, 0.1) is 0 Å². The highest BCUT2D eigenvalue weighted by molar-refractivity contribution is 8.24. The summed E-state index contributed by atoms with van der Waals surface area (Å²) in [4.78, 5) is 38.8. The van der Waals surface area contributed by atoms with E-state index in [1.807, 2.05) is 13.8 Å². The van der Waals surface area contributed by atoms with E-state index in [0.717, 1.165) is 12.1 Å². The van der Waals surface area contributed by atoms with E-state index in [-0.39, 0.29) is 28.4 Å². The Kier molecular flexibility index (Phi) is 7.49. The third kappa shape index (κ3) is 5.45. The van der Waals surface area contributed by atoms with Crippen molar-refractivity contribution in [3.05, 3.63) is 0 Å². The molecule has 0 aromatic rings. The summed E-state index contributed by atoms with van der Waals surface area (Å²) in [5.41, 5.74) is 0.565. The van der Waals surface area contributed by atoms with E-state index in [9.17, 15) is 14.4 Å². The SMILES string of the molecule is CCN(CNC1CC(NC2NC(C=O)S2)NC(C)=N1)C(=O)SC=O. The molecule has 0 aromatic heterocycles. The third-order valence-corrected chi connectivity index (χ3v) is 5.21. The fourth-order valence-corrected chi connectivity index (χ4v) is 3.62. The third-order valence-electron chi connectivity index (χ3n) is 3.57. The molecule has 1 fully saturated rings. The zero-order valence-corrected chi connectivity index (χ0v) is 15.2. The van der Waals surface area contributed by atoms with Gasteiger partial charge in [0.2, 0.25) is 0 Å². The maximum atomic E-state index is 11.7. The fourth-order valence-electron chi connectivity index (χ4n) is 2.38. The number of nitrogens with one attached hydrogen (secondary N) is 4. The quantitative estimate of drug-likeness (QED) is 0.336. The highest BCUT2D eigenvalue weighted by Gasteiger charge is 2.32. The van der Waals surface area contributed by atoms with Crippen LogP contribution in [0.1, 0.15) is 20.3 Å². The van der Waals surface area contributed by atoms with Gasteiger partial charge in [-0.3, -0.25) is 30.5 Å². The van der Waals surface area contributed by atoms with Crippen LogP contribution in [0.5, 0.6) is 0 Å². The van der Waals surface area contributed by atoms with E-state index in [4.69, 9.17) is 0 Å². The van der Waals surface area contributed by atoms with Crippen LogP contribution < -0.4 is 21.3 Å². The zero-order valence-electron chi connectivity index (χ0n) is 13.5. The lowest BCUT2D eigenvalue weighted by Crippen LogP contribution is -2.63. The number of amidine groups is 1. The van der Waals surface area contributed by atoms with Gasteiger partial charge in [0.05, 0.1) is 18.7 Å². The van der Waals surface area contributed by atoms with Gasteiger partial charge < -0.3 is 15.0 Å². The molecule has 0 saturated carbocycles. The molecule has 0 aromatic carbocycles. The molecule has 2 heterocycles. The van der Waals surface area contributed by atoms with Gasteiger partial charge in [-0.1, -0.05) is 0 Å². The van der Waals surface area contributed by atoms with E-state index >= 15 is 0 Å². The van der Waals surface area contributed by atoms with E-state index < -0.39 is 0 Å². The Morgan fingerprint density at radius 2 is 2.29 bits per heavy atom. The van der Waals surface area contributed by atoms with Crippen LogP contribution in [0.15, 0.2) is 4.99 Å². The number of thioether (sulfide) groups is 2. The molecule has 2 aliphatic heterocycles. The molecule has 9 nitrogen and oxygen atoms in total. The Labute approximate surface area is 149 Å². The van der Waals surface area contributed by atoms with Crippen LogP contribution in [0.25, 0.3) is 0 Å². The van der Waals surface area contributed by atoms with Crippen molar-refractivity contribution in [1.82, 2.24) is 26.2 Å². The summed E-state index contributed by atoms with van der Waals surface area (Å²) >= 11 is 2.16. The summed E-state index contributed by atoms with van der Waals surface area (Å²) in [6.07, 6.45) is 1.43. The van der Waals surface area contributed by atoms with Crippen molar-refractivity contribution in [3.63, 3.8) is 0 Å². The van der Waals surface area contributed by atoms with Crippen molar-refractivity contribution in [1.29, 1.82) is 0 Å². The number of aliphatic imine (C=N–C) groups is 1. The molecule has 4 atom stereocenters. The van der Waals surface area contributed by atoms with Crippen molar-refractivity contribution >= 4 is 46.5 Å². The standard InChI is InChI=1S/C13H22N6O3S2/c1-3-19(13(22)23-7-21)6-14-9-4-10(16-8(2)15-9)17-12-18-11(5-20)24-12/h5,7,9-12,14,17-18H,3-4,6H2,1-2H3,(H,15,16). The maximum Gasteiger partial charge on any atom is 0.289 e. The molecule has 134 valence electrons. The molecule has 0 bridgehead atoms. The Morgan fingerprint density at radius 3 is 2.92 bits per heavy atom. The first-order chi connectivity index (χ1) is 11.5. The average Bonchev–Trinajstić information content (AvgIpc) is 2.51. The smallest absolute Gasteiger partial charge is 0.289 e. The second-order valence-electron chi connectivity index (χ2n) is 5.27. The van der Waals surface area contributed by atoms with Crippen molar-refractivity contribution in [3.8, 4) is 0 Å². The number of carbonyl (C=O) groups excluding carboxylic acids is 3. The molecule has 4 unspecified atom stereocenters. The molecular weight excluding hydrogens is 352 g/mol. The van der Waals surface area contributed by atoms with Gasteiger partial charge in [-0.2, -0.15) is 0 Å². The Morgan fingerprint density at radius 1 is 1.54 bits per heavy atom. The van der Waals surface area contributed by atoms with Crippen LogP contribution in [0.4, 0.5) is 4.79 Å². The van der Waals surface area contributed by atoms with Gasteiger partial charge in [0, 0.05) is 24.7 Å². The van der Waals surface area contributed by atoms with Crippen LogP contribution in [0.3, 0.4) is 0 Å². The van der Waals surface area contributed by atoms with E-state index in [1.165, 1.54) is 11.8 Å². The summed E-state index contributed by atoms with van der Waals surface area (Å²) in [6.45, 7) is 4.57. The van der Waals surface area contributed by atoms with Crippen LogP contribution in [-0.4, -0.2) is 64.3 Å². The first-order valence-electron chi connectivity index (χ1n) is 7.62. The second kappa shape index (κ2) is 9.37. The monoisotopic (exact) mass is 374 g/mol. The topological polar surface area (TPSA) is 115 Å². The molecule has 11 heteroatoms. The maximum absolute atomic E-state index is 11.7. The predicted octanol–water partition coefficient (Wildman–Crippen LogP) is -0.303. The van der Waals surface area contributed by atoms with Gasteiger partial charge in [0.15, 0.2) is 5.62 Å². The largest absolute Gasteiger partial charge is 0.359 e. The van der Waals surface area contributed by atoms with E-state index in [2.05, 4.69) is 26.3 Å². The molecule has 24 heavy (non-hydrogen) atoms. The van der Waals surface area contributed by atoms with Gasteiger partial charge in [-0.25, -0.2) is 0 Å². The molecular formula is C13H22N6O3S2. The van der Waals surface area contributed by atoms with Gasteiger partial charge in [0.25, 0.3) is 5.24 Å². The minimum absolute atomic E-state index is 0.00716. The number of amides is 1. The number of hydrogen-bond acceptors (Lipinski definition) is 10. The number of hydrogen-bond donors (Lipinski definition) is 4. The van der Waals surface area contributed by atoms with Crippen LogP contribution in [0.2, 0.25) is 0 Å². The minimum atomic E-state index is -0.278. The van der Waals surface area contributed by atoms with Gasteiger partial charge in [-0.15, -0.1) is 11.8 Å². The molecule has 1 amide bonds. The number of rotatable bonds is 8. The second-order valence-corrected chi connectivity index (χ2v) is 7.30. The summed E-state index contributed by atoms with van der Waals surface area (Å²) in [5, 5.41) is 12.5. The molecule has 0 spiro atoms. The summed E-state index contributed by atoms with van der Waals surface area (Å²) in [6, 6.07) is 0. The van der Waals surface area contributed by atoms with Gasteiger partial charge in [0.1, 0.15) is 23.3 Å². The molecule has 2 rings (SSSR count). The molecule has 1 saturated heterocycles. The van der Waals surface area contributed by atoms with Crippen molar-refractivity contribution in [2.45, 2.75) is 43.5 Å². The van der Waals surface area contributed by atoms with E-state index in [1.54, 1.807) is 4.90 Å². The van der Waals surface area contributed by atoms with Crippen molar-refractivity contribution in [2.24, 2.45) is 4.99 Å². The number of nitrogens with zero attached hydrogens (tertiary/aromatic N) is 2. The lowest BCUT2D eigenvalue weighted by atomic mass is 10.2. The number of aldehydes is 1. The predicted molar refractivity (Wildman–Crippen MR) is 96.1 cm³/mol. The molecule has 0 aliphatic carbocycles. The molecule has 4 N–H and O–H groups in total. The summed E-state index contributed by atoms with van der Waals surface area (Å²) in [7, 11) is 0. The normalized spacial score (nSPS) is 29.0. The minimum Gasteiger partial charge on any atom is -0.359 e. The average molecular weight is 374 g/mol. The highest BCUT2D eigenvalue weighted by atomic mass is 32.2. The van der Waals surface area contributed by atoms with Gasteiger partial charge >= 0.3 is 0 Å². The fraction of sp³-hybridized carbons (Fsp3) is 0.692. The van der Waals surface area contributed by atoms with Crippen LogP contribution in [-0.2, 0) is 9.59 Å². The Bertz CT molecular complexity index is 500. The Balaban J connectivity index is 1.79. The van der Waals surface area contributed by atoms with Crippen molar-refractivity contribution < 1.29 is 14.4 Å². The molecule has 2 aliphatic rings. The zero-order chi connectivity index (χ0) is 17.5.